The Labute approximate surface area is 60.8 Å². The van der Waals surface area contributed by atoms with E-state index in [1.165, 1.54) is 19.3 Å². The minimum absolute atomic E-state index is 0.661. The normalized spacial score (nSPS) is 13.9. The molecule has 8 heavy (non-hydrogen) atoms. The summed E-state index contributed by atoms with van der Waals surface area (Å²) in [5, 5.41) is 0. The van der Waals surface area contributed by atoms with Gasteiger partial charge in [-0.3, -0.25) is 0 Å². The van der Waals surface area contributed by atoms with E-state index in [1.54, 1.807) is 0 Å². The van der Waals surface area contributed by atoms with Crippen LogP contribution in [0.25, 0.3) is 0 Å². The minimum atomic E-state index is 0.661. The highest BCUT2D eigenvalue weighted by Gasteiger charge is 1.92. The third kappa shape index (κ3) is 6.48. The van der Waals surface area contributed by atoms with E-state index in [4.69, 9.17) is 0 Å². The van der Waals surface area contributed by atoms with Gasteiger partial charge in [0.05, 0.1) is 0 Å². The zero-order chi connectivity index (χ0) is 6.41. The van der Waals surface area contributed by atoms with E-state index >= 15 is 0 Å². The van der Waals surface area contributed by atoms with Crippen LogP contribution in [-0.2, 0) is 0 Å². The van der Waals surface area contributed by atoms with Crippen LogP contribution >= 0.6 is 15.9 Å². The number of hydrogen-bond donors (Lipinski definition) is 0. The lowest BCUT2D eigenvalue weighted by Gasteiger charge is -1.98. The standard InChI is InChI=1S/C7H14Br/c1-3-4-5-6-7(2)8/h5,7H,3-4,6H2,1-2H3. The van der Waals surface area contributed by atoms with Crippen LogP contribution in [0.5, 0.6) is 0 Å². The molecule has 1 radical (unpaired) electrons. The molecule has 0 heterocycles. The number of unbranched alkanes of at least 4 members (excludes halogenated alkanes) is 2. The Balaban J connectivity index is 2.72. The fraction of sp³-hybridized carbons (Fsp3) is 0.857. The average molecular weight is 178 g/mol. The Morgan fingerprint density at radius 3 is 2.62 bits per heavy atom. The second kappa shape index (κ2) is 5.61. The summed E-state index contributed by atoms with van der Waals surface area (Å²) in [4.78, 5) is 0.661. The van der Waals surface area contributed by atoms with Gasteiger partial charge >= 0.3 is 0 Å². The van der Waals surface area contributed by atoms with Gasteiger partial charge in [0, 0.05) is 4.83 Å². The van der Waals surface area contributed by atoms with Gasteiger partial charge in [0.2, 0.25) is 0 Å². The molecule has 49 valence electrons. The van der Waals surface area contributed by atoms with Crippen molar-refractivity contribution in [2.24, 2.45) is 0 Å². The molecule has 0 N–H and O–H groups in total. The van der Waals surface area contributed by atoms with Gasteiger partial charge in [0.15, 0.2) is 0 Å². The first-order valence-corrected chi connectivity index (χ1v) is 4.14. The Bertz CT molecular complexity index is 41.7. The maximum Gasteiger partial charge on any atom is 0.0120 e. The molecule has 0 fully saturated rings. The fourth-order valence-corrected chi connectivity index (χ4v) is 0.816. The number of hydrogen-bond acceptors (Lipinski definition) is 0. The van der Waals surface area contributed by atoms with E-state index in [-0.39, 0.29) is 0 Å². The molecule has 0 nitrogen and oxygen atoms in total. The molecule has 1 heteroatoms. The molecule has 0 aliphatic carbocycles. The third-order valence-electron chi connectivity index (χ3n) is 0.984. The summed E-state index contributed by atoms with van der Waals surface area (Å²) in [7, 11) is 0. The van der Waals surface area contributed by atoms with Gasteiger partial charge in [-0.15, -0.1) is 0 Å². The second-order valence-electron chi connectivity index (χ2n) is 2.09. The first kappa shape index (κ1) is 8.48. The molecule has 0 saturated heterocycles. The summed E-state index contributed by atoms with van der Waals surface area (Å²) < 4.78 is 0. The van der Waals surface area contributed by atoms with E-state index < -0.39 is 0 Å². The number of rotatable bonds is 4. The van der Waals surface area contributed by atoms with Crippen LogP contribution in [0, 0.1) is 6.42 Å². The zero-order valence-electron chi connectivity index (χ0n) is 5.65. The number of halogens is 1. The van der Waals surface area contributed by atoms with Gasteiger partial charge in [-0.25, -0.2) is 0 Å². The lowest BCUT2D eigenvalue weighted by atomic mass is 10.2. The minimum Gasteiger partial charge on any atom is -0.0894 e. The molecule has 0 aromatic carbocycles. The van der Waals surface area contributed by atoms with Gasteiger partial charge in [-0.1, -0.05) is 42.6 Å². The molecule has 0 aliphatic rings. The van der Waals surface area contributed by atoms with Gasteiger partial charge < -0.3 is 0 Å². The first-order valence-electron chi connectivity index (χ1n) is 3.23. The summed E-state index contributed by atoms with van der Waals surface area (Å²) in [6, 6.07) is 0. The van der Waals surface area contributed by atoms with Crippen LogP contribution in [0.15, 0.2) is 0 Å². The molecule has 0 aromatic heterocycles. The molecule has 0 spiro atoms. The largest absolute Gasteiger partial charge is 0.0894 e. The van der Waals surface area contributed by atoms with E-state index in [1.807, 2.05) is 0 Å². The summed E-state index contributed by atoms with van der Waals surface area (Å²) in [5.74, 6) is 0. The summed E-state index contributed by atoms with van der Waals surface area (Å²) in [6.07, 6.45) is 6.07. The molecular weight excluding hydrogens is 164 g/mol. The SMILES string of the molecule is CCC[CH]CC(C)Br. The zero-order valence-corrected chi connectivity index (χ0v) is 7.24. The Morgan fingerprint density at radius 1 is 1.62 bits per heavy atom. The summed E-state index contributed by atoms with van der Waals surface area (Å²) in [5.41, 5.74) is 0. The molecule has 0 aliphatic heterocycles. The van der Waals surface area contributed by atoms with Crippen molar-refractivity contribution in [3.8, 4) is 0 Å². The van der Waals surface area contributed by atoms with Crippen molar-refractivity contribution in [1.29, 1.82) is 0 Å². The highest BCUT2D eigenvalue weighted by molar-refractivity contribution is 9.09. The lowest BCUT2D eigenvalue weighted by molar-refractivity contribution is 0.811. The highest BCUT2D eigenvalue weighted by Crippen LogP contribution is 2.07. The van der Waals surface area contributed by atoms with E-state index in [9.17, 15) is 0 Å². The summed E-state index contributed by atoms with van der Waals surface area (Å²) in [6.45, 7) is 4.38. The van der Waals surface area contributed by atoms with Gasteiger partial charge in [0.1, 0.15) is 0 Å². The second-order valence-corrected chi connectivity index (χ2v) is 3.66. The van der Waals surface area contributed by atoms with Crippen molar-refractivity contribution in [3.63, 3.8) is 0 Å². The van der Waals surface area contributed by atoms with Gasteiger partial charge in [-0.2, -0.15) is 0 Å². The van der Waals surface area contributed by atoms with Crippen molar-refractivity contribution < 1.29 is 0 Å². The fourth-order valence-electron chi connectivity index (χ4n) is 0.552. The van der Waals surface area contributed by atoms with Crippen molar-refractivity contribution in [2.75, 3.05) is 0 Å². The molecule has 0 amide bonds. The Hall–Kier alpha value is 0.480. The van der Waals surface area contributed by atoms with Gasteiger partial charge in [-0.05, 0) is 12.8 Å². The van der Waals surface area contributed by atoms with Crippen LogP contribution < -0.4 is 0 Å². The molecule has 0 rings (SSSR count). The topological polar surface area (TPSA) is 0 Å². The molecule has 1 unspecified atom stereocenters. The highest BCUT2D eigenvalue weighted by atomic mass is 79.9. The van der Waals surface area contributed by atoms with E-state index in [2.05, 4.69) is 36.2 Å². The lowest BCUT2D eigenvalue weighted by Crippen LogP contribution is -1.88. The van der Waals surface area contributed by atoms with Crippen molar-refractivity contribution in [2.45, 2.75) is 37.9 Å². The molecule has 0 bridgehead atoms. The van der Waals surface area contributed by atoms with E-state index in [0.29, 0.717) is 4.83 Å². The van der Waals surface area contributed by atoms with Crippen LogP contribution in [0.2, 0.25) is 0 Å². The van der Waals surface area contributed by atoms with Crippen LogP contribution in [0.4, 0.5) is 0 Å². The maximum atomic E-state index is 3.47. The molecule has 1 atom stereocenters. The quantitative estimate of drug-likeness (QED) is 0.458. The third-order valence-corrected chi connectivity index (χ3v) is 1.36. The Kier molecular flexibility index (Phi) is 5.95. The van der Waals surface area contributed by atoms with Crippen LogP contribution in [-0.4, -0.2) is 4.83 Å². The first-order chi connectivity index (χ1) is 3.77. The molecule has 0 saturated carbocycles. The van der Waals surface area contributed by atoms with Gasteiger partial charge in [0.25, 0.3) is 0 Å². The smallest absolute Gasteiger partial charge is 0.0120 e. The van der Waals surface area contributed by atoms with Crippen molar-refractivity contribution in [1.82, 2.24) is 0 Å². The molecular formula is C7H14Br. The van der Waals surface area contributed by atoms with Crippen LogP contribution in [0.3, 0.4) is 0 Å². The van der Waals surface area contributed by atoms with Crippen molar-refractivity contribution >= 4 is 15.9 Å². The Morgan fingerprint density at radius 2 is 2.25 bits per heavy atom. The van der Waals surface area contributed by atoms with E-state index in [0.717, 1.165) is 0 Å². The number of alkyl halides is 1. The van der Waals surface area contributed by atoms with Crippen LogP contribution in [0.1, 0.15) is 33.1 Å². The molecule has 0 aromatic rings. The summed E-state index contributed by atoms with van der Waals surface area (Å²) >= 11 is 3.47. The predicted molar refractivity (Wildman–Crippen MR) is 42.2 cm³/mol. The average Bonchev–Trinajstić information content (AvgIpc) is 1.66. The maximum absolute atomic E-state index is 3.47. The predicted octanol–water partition coefficient (Wildman–Crippen LogP) is 3.16. The monoisotopic (exact) mass is 177 g/mol. The van der Waals surface area contributed by atoms with Crippen molar-refractivity contribution in [3.05, 3.63) is 6.42 Å².